The summed E-state index contributed by atoms with van der Waals surface area (Å²) in [5.41, 5.74) is 0. The predicted molar refractivity (Wildman–Crippen MR) is 85.6 cm³/mol. The first-order chi connectivity index (χ1) is 8.08. The smallest absolute Gasteiger partial charge is 0.261 e. The number of nitrogens with zero attached hydrogens (tertiary/aromatic N) is 3. The fourth-order valence-electron chi connectivity index (χ4n) is 1.02. The Morgan fingerprint density at radius 3 is 2.41 bits per heavy atom. The van der Waals surface area contributed by atoms with Gasteiger partial charge < -0.3 is 10.0 Å². The summed E-state index contributed by atoms with van der Waals surface area (Å²) in [5.74, 6) is 1.20. The normalized spacial score (nSPS) is 23.6. The van der Waals surface area contributed by atoms with E-state index in [2.05, 4.69) is 20.0 Å². The van der Waals surface area contributed by atoms with E-state index in [4.69, 9.17) is 11.6 Å². The summed E-state index contributed by atoms with van der Waals surface area (Å²) in [7, 11) is 0. The van der Waals surface area contributed by atoms with E-state index < -0.39 is 4.45 Å². The summed E-state index contributed by atoms with van der Waals surface area (Å²) in [4.78, 5) is 8.76. The molecule has 0 saturated heterocycles. The molecule has 0 aromatic rings. The van der Waals surface area contributed by atoms with E-state index in [-0.39, 0.29) is 0 Å². The van der Waals surface area contributed by atoms with Crippen LogP contribution in [0.2, 0.25) is 0 Å². The summed E-state index contributed by atoms with van der Waals surface area (Å²) >= 11 is 12.3. The van der Waals surface area contributed by atoms with Gasteiger partial charge in [0.1, 0.15) is 0 Å². The van der Waals surface area contributed by atoms with Gasteiger partial charge in [-0.3, -0.25) is 0 Å². The zero-order valence-electron chi connectivity index (χ0n) is 9.85. The van der Waals surface area contributed by atoms with Gasteiger partial charge in [0, 0.05) is 18.8 Å². The van der Waals surface area contributed by atoms with Gasteiger partial charge in [-0.25, -0.2) is 3.71 Å². The largest absolute Gasteiger partial charge is 0.309 e. The van der Waals surface area contributed by atoms with Crippen molar-refractivity contribution in [2.24, 2.45) is 9.98 Å². The van der Waals surface area contributed by atoms with Crippen LogP contribution < -0.4 is 10.0 Å². The molecule has 1 atom stereocenters. The van der Waals surface area contributed by atoms with Crippen LogP contribution >= 0.6 is 59.2 Å². The molecule has 1 heterocycles. The predicted octanol–water partition coefficient (Wildman–Crippen LogP) is 2.24. The molecule has 0 aliphatic carbocycles. The van der Waals surface area contributed by atoms with Gasteiger partial charge in [-0.2, -0.15) is 9.98 Å². The monoisotopic (exact) mass is 331 g/mol. The minimum atomic E-state index is -0.904. The van der Waals surface area contributed by atoms with Crippen molar-refractivity contribution >= 4 is 71.1 Å². The third kappa shape index (κ3) is 4.23. The van der Waals surface area contributed by atoms with Gasteiger partial charge in [0.05, 0.1) is 0 Å². The molecule has 0 spiro atoms. The van der Waals surface area contributed by atoms with Gasteiger partial charge in [0.15, 0.2) is 0 Å². The molecule has 1 unspecified atom stereocenters. The van der Waals surface area contributed by atoms with Gasteiger partial charge in [-0.1, -0.05) is 35.3 Å². The second-order valence-electron chi connectivity index (χ2n) is 2.69. The van der Waals surface area contributed by atoms with Gasteiger partial charge in [-0.05, 0) is 30.2 Å². The van der Waals surface area contributed by atoms with E-state index in [1.165, 1.54) is 47.6 Å². The molecule has 0 aromatic carbocycles. The van der Waals surface area contributed by atoms with Gasteiger partial charge in [-0.15, -0.1) is 0 Å². The van der Waals surface area contributed by atoms with Crippen LogP contribution in [0.3, 0.4) is 0 Å². The van der Waals surface area contributed by atoms with Crippen LogP contribution in [0.25, 0.3) is 0 Å². The first-order valence-corrected chi connectivity index (χ1v) is 9.65. The molecule has 0 bridgehead atoms. The number of hydrogen-bond acceptors (Lipinski definition) is 9. The van der Waals surface area contributed by atoms with E-state index >= 15 is 0 Å². The van der Waals surface area contributed by atoms with Crippen LogP contribution in [0.15, 0.2) is 9.98 Å². The van der Waals surface area contributed by atoms with Crippen LogP contribution in [0.5, 0.6) is 0 Å². The Labute approximate surface area is 124 Å². The van der Waals surface area contributed by atoms with E-state index in [0.29, 0.717) is 11.9 Å². The van der Waals surface area contributed by atoms with Gasteiger partial charge >= 0.3 is 0 Å². The average molecular weight is 332 g/mol. The summed E-state index contributed by atoms with van der Waals surface area (Å²) in [6, 6.07) is 0. The Hall–Kier alpha value is 0.430. The highest BCUT2D eigenvalue weighted by atomic mass is 35.5. The number of halogens is 1. The molecular weight excluding hydrogens is 318 g/mol. The number of hydrogen-bond donors (Lipinski definition) is 2. The Morgan fingerprint density at radius 1 is 1.29 bits per heavy atom. The van der Waals surface area contributed by atoms with Gasteiger partial charge in [0.25, 0.3) is 4.45 Å². The van der Waals surface area contributed by atoms with E-state index in [1.54, 1.807) is 0 Å². The van der Waals surface area contributed by atoms with Crippen molar-refractivity contribution in [3.05, 3.63) is 0 Å². The molecule has 1 rings (SSSR count). The Kier molecular flexibility index (Phi) is 6.49. The zero-order valence-corrected chi connectivity index (χ0v) is 13.9. The molecular formula is C7H14ClN5S4. The molecule has 0 saturated carbocycles. The third-order valence-corrected chi connectivity index (χ3v) is 5.35. The molecule has 2 N–H and O–H groups in total. The highest BCUT2D eigenvalue weighted by Crippen LogP contribution is 2.31. The topological polar surface area (TPSA) is 52.0 Å². The van der Waals surface area contributed by atoms with Crippen molar-refractivity contribution in [3.63, 3.8) is 0 Å². The van der Waals surface area contributed by atoms with Crippen molar-refractivity contribution in [1.82, 2.24) is 13.7 Å². The van der Waals surface area contributed by atoms with Crippen LogP contribution in [-0.4, -0.2) is 45.1 Å². The minimum Gasteiger partial charge on any atom is -0.309 e. The molecule has 0 aromatic heterocycles. The molecule has 1 aliphatic rings. The van der Waals surface area contributed by atoms with Crippen molar-refractivity contribution in [2.75, 3.05) is 25.0 Å². The second-order valence-corrected chi connectivity index (χ2v) is 6.77. The Morgan fingerprint density at radius 2 is 1.94 bits per heavy atom. The molecule has 98 valence electrons. The van der Waals surface area contributed by atoms with E-state index in [1.807, 2.05) is 28.7 Å². The third-order valence-electron chi connectivity index (χ3n) is 1.69. The quantitative estimate of drug-likeness (QED) is 0.465. The van der Waals surface area contributed by atoms with Gasteiger partial charge in [0.2, 0.25) is 11.9 Å². The van der Waals surface area contributed by atoms with Crippen molar-refractivity contribution < 1.29 is 0 Å². The summed E-state index contributed by atoms with van der Waals surface area (Å²) in [5, 5.41) is 3.03. The van der Waals surface area contributed by atoms with E-state index in [9.17, 15) is 0 Å². The average Bonchev–Trinajstić information content (AvgIpc) is 2.30. The number of aliphatic imine (C=N–C) groups is 2. The highest BCUT2D eigenvalue weighted by molar-refractivity contribution is 8.12. The molecule has 0 fully saturated rings. The number of nitrogens with one attached hydrogen (secondary N) is 2. The van der Waals surface area contributed by atoms with Crippen LogP contribution in [0.1, 0.15) is 0 Å². The lowest BCUT2D eigenvalue weighted by atomic mass is 10.8. The summed E-state index contributed by atoms with van der Waals surface area (Å²) in [6.45, 7) is 0. The number of thioether (sulfide) groups is 1. The molecule has 10 heteroatoms. The van der Waals surface area contributed by atoms with E-state index in [0.717, 1.165) is 0 Å². The molecule has 0 amide bonds. The lowest BCUT2D eigenvalue weighted by Gasteiger charge is -2.30. The Balaban J connectivity index is 2.97. The maximum absolute atomic E-state index is 6.33. The first-order valence-electron chi connectivity index (χ1n) is 4.46. The zero-order chi connectivity index (χ0) is 12.9. The molecule has 5 nitrogen and oxygen atoms in total. The minimum absolute atomic E-state index is 0.588. The number of rotatable bonds is 4. The van der Waals surface area contributed by atoms with Crippen molar-refractivity contribution in [2.45, 2.75) is 4.45 Å². The summed E-state index contributed by atoms with van der Waals surface area (Å²) in [6.07, 6.45) is 7.75. The lowest BCUT2D eigenvalue weighted by Crippen LogP contribution is -2.49. The number of guanidine groups is 2. The highest BCUT2D eigenvalue weighted by Gasteiger charge is 2.32. The van der Waals surface area contributed by atoms with Crippen molar-refractivity contribution in [1.29, 1.82) is 0 Å². The van der Waals surface area contributed by atoms with Crippen LogP contribution in [-0.2, 0) is 0 Å². The van der Waals surface area contributed by atoms with Crippen molar-refractivity contribution in [3.8, 4) is 0 Å². The first kappa shape index (κ1) is 15.5. The molecule has 17 heavy (non-hydrogen) atoms. The van der Waals surface area contributed by atoms with Crippen LogP contribution in [0.4, 0.5) is 0 Å². The fraction of sp³-hybridized carbons (Fsp3) is 0.714. The summed E-state index contributed by atoms with van der Waals surface area (Å²) < 4.78 is 4.03. The lowest BCUT2D eigenvalue weighted by molar-refractivity contribution is 0.745. The molecule has 1 aliphatic heterocycles. The standard InChI is InChI=1S/C7H14ClN5S4/c1-14-7(8)10-5(12-15-2)9-6(11-7)13(16-3)17-4/h1-4H3,(H2,9,10,11,12). The fourth-order valence-corrected chi connectivity index (χ4v) is 2.93. The van der Waals surface area contributed by atoms with Crippen LogP contribution in [0, 0.1) is 0 Å². The molecule has 0 radical (unpaired) electrons. The maximum Gasteiger partial charge on any atom is 0.261 e. The SMILES string of the molecule is CSNC1=NC(N(SC)SC)=NC(Cl)(SC)N1. The number of alkyl halides is 1. The second kappa shape index (κ2) is 7.13. The maximum atomic E-state index is 6.33. The Bertz CT molecular complexity index is 321.